The second-order valence-electron chi connectivity index (χ2n) is 3.47. The topological polar surface area (TPSA) is 12.0 Å². The molecule has 0 saturated carbocycles. The van der Waals surface area contributed by atoms with Crippen molar-refractivity contribution in [3.8, 4) is 0 Å². The van der Waals surface area contributed by atoms with Crippen molar-refractivity contribution in [2.45, 2.75) is 12.6 Å². The van der Waals surface area contributed by atoms with Crippen molar-refractivity contribution in [2.75, 3.05) is 11.9 Å². The lowest BCUT2D eigenvalue weighted by Crippen LogP contribution is -2.14. The zero-order chi connectivity index (χ0) is 11.6. The van der Waals surface area contributed by atoms with Crippen molar-refractivity contribution in [1.82, 2.24) is 0 Å². The third-order valence-electron chi connectivity index (χ3n) is 2.19. The highest BCUT2D eigenvalue weighted by atomic mass is 32.1. The van der Waals surface area contributed by atoms with E-state index >= 15 is 0 Å². The molecule has 0 aliphatic carbocycles. The second-order valence-corrected chi connectivity index (χ2v) is 4.41. The van der Waals surface area contributed by atoms with Gasteiger partial charge in [0.25, 0.3) is 0 Å². The van der Waals surface area contributed by atoms with Crippen LogP contribution < -0.4 is 5.32 Å². The maximum atomic E-state index is 11.9. The Bertz CT molecular complexity index is 475. The predicted octanol–water partition coefficient (Wildman–Crippen LogP) is 4.27. The number of rotatable bonds is 3. The lowest BCUT2D eigenvalue weighted by molar-refractivity contribution is -0.131. The fourth-order valence-corrected chi connectivity index (χ4v) is 2.20. The number of thiophene rings is 1. The lowest BCUT2D eigenvalue weighted by Gasteiger charge is -2.08. The Labute approximate surface area is 94.9 Å². The van der Waals surface area contributed by atoms with E-state index in [0.717, 1.165) is 15.8 Å². The number of halogens is 3. The summed E-state index contributed by atoms with van der Waals surface area (Å²) >= 11 is 1.62. The minimum Gasteiger partial charge on any atom is -0.385 e. The highest BCUT2D eigenvalue weighted by Crippen LogP contribution is 2.24. The molecule has 0 bridgehead atoms. The molecule has 2 aromatic rings. The molecule has 0 amide bonds. The third kappa shape index (κ3) is 2.88. The monoisotopic (exact) mass is 245 g/mol. The van der Waals surface area contributed by atoms with Crippen LogP contribution in [-0.2, 0) is 0 Å². The van der Waals surface area contributed by atoms with Gasteiger partial charge in [0.2, 0.25) is 0 Å². The molecule has 1 aromatic carbocycles. The fourth-order valence-electron chi connectivity index (χ4n) is 1.43. The zero-order valence-electron chi connectivity index (χ0n) is 8.34. The van der Waals surface area contributed by atoms with E-state index in [9.17, 15) is 13.2 Å². The standard InChI is InChI=1S/C11H10F3NS/c12-11(13,14)4-5-15-9-1-2-10-8(7-9)3-6-16-10/h1-3,6-7,15H,4-5H2. The molecule has 1 N–H and O–H groups in total. The maximum Gasteiger partial charge on any atom is 0.390 e. The molecule has 0 radical (unpaired) electrons. The summed E-state index contributed by atoms with van der Waals surface area (Å²) in [5.41, 5.74) is 0.732. The largest absolute Gasteiger partial charge is 0.390 e. The number of fused-ring (bicyclic) bond motifs is 1. The van der Waals surface area contributed by atoms with Crippen LogP contribution in [0.2, 0.25) is 0 Å². The summed E-state index contributed by atoms with van der Waals surface area (Å²) in [5.74, 6) is 0. The van der Waals surface area contributed by atoms with Crippen LogP contribution >= 0.6 is 11.3 Å². The molecule has 0 spiro atoms. The Morgan fingerprint density at radius 1 is 1.19 bits per heavy atom. The first-order valence-corrected chi connectivity index (χ1v) is 5.70. The van der Waals surface area contributed by atoms with Gasteiger partial charge in [0.1, 0.15) is 0 Å². The Morgan fingerprint density at radius 2 is 2.00 bits per heavy atom. The highest BCUT2D eigenvalue weighted by Gasteiger charge is 2.25. The lowest BCUT2D eigenvalue weighted by atomic mass is 10.2. The molecule has 0 fully saturated rings. The van der Waals surface area contributed by atoms with E-state index in [1.54, 1.807) is 17.4 Å². The zero-order valence-corrected chi connectivity index (χ0v) is 9.16. The number of hydrogen-bond donors (Lipinski definition) is 1. The molecule has 1 nitrogen and oxygen atoms in total. The highest BCUT2D eigenvalue weighted by molar-refractivity contribution is 7.17. The van der Waals surface area contributed by atoms with Gasteiger partial charge in [-0.1, -0.05) is 0 Å². The summed E-state index contributed by atoms with van der Waals surface area (Å²) in [4.78, 5) is 0. The molecule has 5 heteroatoms. The molecule has 0 unspecified atom stereocenters. The first-order valence-electron chi connectivity index (χ1n) is 4.82. The summed E-state index contributed by atoms with van der Waals surface area (Å²) in [7, 11) is 0. The first-order chi connectivity index (χ1) is 7.54. The molecule has 1 aromatic heterocycles. The average molecular weight is 245 g/mol. The normalized spacial score (nSPS) is 11.9. The van der Waals surface area contributed by atoms with E-state index in [0.29, 0.717) is 0 Å². The van der Waals surface area contributed by atoms with Crippen LogP contribution in [0.5, 0.6) is 0 Å². The van der Waals surface area contributed by atoms with Crippen LogP contribution in [0.3, 0.4) is 0 Å². The SMILES string of the molecule is FC(F)(F)CCNc1ccc2sccc2c1. The molecule has 86 valence electrons. The third-order valence-corrected chi connectivity index (χ3v) is 3.09. The molecule has 1 heterocycles. The molecule has 16 heavy (non-hydrogen) atoms. The molecule has 0 saturated heterocycles. The second kappa shape index (κ2) is 4.33. The van der Waals surface area contributed by atoms with Gasteiger partial charge in [0.05, 0.1) is 6.42 Å². The van der Waals surface area contributed by atoms with Crippen LogP contribution in [0.15, 0.2) is 29.6 Å². The van der Waals surface area contributed by atoms with Gasteiger partial charge in [-0.2, -0.15) is 13.2 Å². The van der Waals surface area contributed by atoms with Crippen molar-refractivity contribution >= 4 is 27.1 Å². The van der Waals surface area contributed by atoms with E-state index in [4.69, 9.17) is 0 Å². The van der Waals surface area contributed by atoms with Crippen molar-refractivity contribution in [2.24, 2.45) is 0 Å². The van der Waals surface area contributed by atoms with Gasteiger partial charge in [-0.05, 0) is 35.0 Å². The quantitative estimate of drug-likeness (QED) is 0.851. The maximum absolute atomic E-state index is 11.9. The van der Waals surface area contributed by atoms with Crippen LogP contribution in [0.1, 0.15) is 6.42 Å². The molecule has 0 aliphatic heterocycles. The van der Waals surface area contributed by atoms with Crippen LogP contribution in [0.25, 0.3) is 10.1 Å². The Balaban J connectivity index is 1.99. The Kier molecular flexibility index (Phi) is 3.05. The van der Waals surface area contributed by atoms with Crippen LogP contribution in [0, 0.1) is 0 Å². The molecule has 0 aliphatic rings. The van der Waals surface area contributed by atoms with Crippen LogP contribution in [-0.4, -0.2) is 12.7 Å². The molecular formula is C11H10F3NS. The summed E-state index contributed by atoms with van der Waals surface area (Å²) in [5, 5.41) is 5.79. The van der Waals surface area contributed by atoms with Gasteiger partial charge < -0.3 is 5.32 Å². The Morgan fingerprint density at radius 3 is 2.75 bits per heavy atom. The van der Waals surface area contributed by atoms with Gasteiger partial charge in [0.15, 0.2) is 0 Å². The van der Waals surface area contributed by atoms with E-state index in [1.165, 1.54) is 0 Å². The van der Waals surface area contributed by atoms with Gasteiger partial charge in [-0.15, -0.1) is 11.3 Å². The molecular weight excluding hydrogens is 235 g/mol. The van der Waals surface area contributed by atoms with Gasteiger partial charge in [-0.3, -0.25) is 0 Å². The Hall–Kier alpha value is -1.23. The average Bonchev–Trinajstić information content (AvgIpc) is 2.62. The summed E-state index contributed by atoms with van der Waals surface area (Å²) < 4.78 is 36.9. The van der Waals surface area contributed by atoms with E-state index < -0.39 is 12.6 Å². The smallest absolute Gasteiger partial charge is 0.385 e. The van der Waals surface area contributed by atoms with Crippen molar-refractivity contribution < 1.29 is 13.2 Å². The molecule has 0 atom stereocenters. The van der Waals surface area contributed by atoms with E-state index in [1.807, 2.05) is 23.6 Å². The van der Waals surface area contributed by atoms with E-state index in [-0.39, 0.29) is 6.54 Å². The number of hydrogen-bond acceptors (Lipinski definition) is 2. The van der Waals surface area contributed by atoms with Crippen molar-refractivity contribution in [3.63, 3.8) is 0 Å². The number of alkyl halides is 3. The van der Waals surface area contributed by atoms with Crippen molar-refractivity contribution in [1.29, 1.82) is 0 Å². The predicted molar refractivity (Wildman–Crippen MR) is 61.0 cm³/mol. The number of benzene rings is 1. The minimum absolute atomic E-state index is 0.0842. The fraction of sp³-hybridized carbons (Fsp3) is 0.273. The minimum atomic E-state index is -4.10. The number of anilines is 1. The molecule has 2 rings (SSSR count). The van der Waals surface area contributed by atoms with E-state index in [2.05, 4.69) is 5.32 Å². The summed E-state index contributed by atoms with van der Waals surface area (Å²) in [6.07, 6.45) is -4.91. The number of nitrogens with one attached hydrogen (secondary N) is 1. The first kappa shape index (κ1) is 11.3. The van der Waals surface area contributed by atoms with Crippen LogP contribution in [0.4, 0.5) is 18.9 Å². The summed E-state index contributed by atoms with van der Waals surface area (Å²) in [6, 6.07) is 7.53. The van der Waals surface area contributed by atoms with Gasteiger partial charge >= 0.3 is 6.18 Å². The summed E-state index contributed by atoms with van der Waals surface area (Å²) in [6.45, 7) is -0.0842. The van der Waals surface area contributed by atoms with Gasteiger partial charge in [0, 0.05) is 16.9 Å². The van der Waals surface area contributed by atoms with Crippen molar-refractivity contribution in [3.05, 3.63) is 29.6 Å². The van der Waals surface area contributed by atoms with Gasteiger partial charge in [-0.25, -0.2) is 0 Å².